The number of carbonyl (C=O) groups is 3. The number of fused-ring (bicyclic) bond motifs is 1. The third kappa shape index (κ3) is 7.72. The Morgan fingerprint density at radius 3 is 2.23 bits per heavy atom. The number of amides is 3. The molecule has 40 heavy (non-hydrogen) atoms. The lowest BCUT2D eigenvalue weighted by Gasteiger charge is -2.35. The van der Waals surface area contributed by atoms with Crippen LogP contribution >= 0.6 is 0 Å². The number of hydrogen-bond donors (Lipinski definition) is 2. The monoisotopic (exact) mass is 543 g/mol. The van der Waals surface area contributed by atoms with Gasteiger partial charge in [-0.25, -0.2) is 4.79 Å². The summed E-state index contributed by atoms with van der Waals surface area (Å²) in [5.41, 5.74) is 2.63. The molecule has 0 fully saturated rings. The molecule has 0 aromatic heterocycles. The van der Waals surface area contributed by atoms with Gasteiger partial charge in [-0.15, -0.1) is 6.58 Å². The van der Waals surface area contributed by atoms with Gasteiger partial charge < -0.3 is 20.3 Å². The highest BCUT2D eigenvalue weighted by Crippen LogP contribution is 2.28. The minimum Gasteiger partial charge on any atom is -0.444 e. The minimum absolute atomic E-state index is 0.0980. The summed E-state index contributed by atoms with van der Waals surface area (Å²) in [7, 11) is 0. The molecule has 0 aliphatic rings. The first kappa shape index (κ1) is 30.4. The van der Waals surface area contributed by atoms with E-state index in [0.29, 0.717) is 11.3 Å². The topological polar surface area (TPSA) is 87.7 Å². The van der Waals surface area contributed by atoms with Gasteiger partial charge in [-0.05, 0) is 80.1 Å². The first-order valence-corrected chi connectivity index (χ1v) is 13.6. The molecule has 0 bridgehead atoms. The third-order valence-corrected chi connectivity index (χ3v) is 6.64. The lowest BCUT2D eigenvalue weighted by molar-refractivity contribution is -0.141. The fraction of sp³-hybridized carbons (Fsp3) is 0.364. The zero-order chi connectivity index (χ0) is 29.6. The normalized spacial score (nSPS) is 12.9. The molecule has 0 aliphatic heterocycles. The van der Waals surface area contributed by atoms with Crippen LogP contribution in [0.15, 0.2) is 73.3 Å². The predicted molar refractivity (Wildman–Crippen MR) is 161 cm³/mol. The standard InChI is InChI=1S/C33H41N3O4/c1-9-18-36(31(38)28(21(2)3)35-32(39)40-33(6,7)8)29(26-15-14-22(4)23(5)19-26)30(37)34-27-17-16-24-12-10-11-13-25(24)20-27/h9-17,19-21,28-29H,1,18H2,2-8H3,(H,34,37)(H,35,39). The highest BCUT2D eigenvalue weighted by Gasteiger charge is 2.37. The maximum absolute atomic E-state index is 14.1. The van der Waals surface area contributed by atoms with Crippen molar-refractivity contribution in [3.05, 3.63) is 90.0 Å². The predicted octanol–water partition coefficient (Wildman–Crippen LogP) is 6.70. The number of aryl methyl sites for hydroxylation is 2. The fourth-order valence-electron chi connectivity index (χ4n) is 4.47. The van der Waals surface area contributed by atoms with Crippen LogP contribution in [0, 0.1) is 19.8 Å². The molecule has 3 aromatic carbocycles. The smallest absolute Gasteiger partial charge is 0.408 e. The second-order valence-electron chi connectivity index (χ2n) is 11.4. The van der Waals surface area contributed by atoms with Crippen molar-refractivity contribution in [2.24, 2.45) is 5.92 Å². The summed E-state index contributed by atoms with van der Waals surface area (Å²) >= 11 is 0. The Hall–Kier alpha value is -4.13. The maximum atomic E-state index is 14.1. The van der Waals surface area contributed by atoms with Crippen LogP contribution in [0.1, 0.15) is 57.4 Å². The summed E-state index contributed by atoms with van der Waals surface area (Å²) in [4.78, 5) is 42.2. The number of anilines is 1. The lowest BCUT2D eigenvalue weighted by Crippen LogP contribution is -2.54. The summed E-state index contributed by atoms with van der Waals surface area (Å²) in [5.74, 6) is -1.04. The number of hydrogen-bond acceptors (Lipinski definition) is 4. The van der Waals surface area contributed by atoms with Crippen molar-refractivity contribution < 1.29 is 19.1 Å². The van der Waals surface area contributed by atoms with Gasteiger partial charge in [-0.3, -0.25) is 9.59 Å². The van der Waals surface area contributed by atoms with Crippen LogP contribution in [0.5, 0.6) is 0 Å². The largest absolute Gasteiger partial charge is 0.444 e. The molecule has 0 saturated carbocycles. The van der Waals surface area contributed by atoms with Crippen molar-refractivity contribution in [3.8, 4) is 0 Å². The van der Waals surface area contributed by atoms with E-state index in [9.17, 15) is 14.4 Å². The van der Waals surface area contributed by atoms with E-state index in [1.165, 1.54) is 4.90 Å². The molecule has 7 nitrogen and oxygen atoms in total. The number of benzene rings is 3. The van der Waals surface area contributed by atoms with Gasteiger partial charge in [0.05, 0.1) is 0 Å². The quantitative estimate of drug-likeness (QED) is 0.294. The van der Waals surface area contributed by atoms with Gasteiger partial charge in [0, 0.05) is 12.2 Å². The lowest BCUT2D eigenvalue weighted by atomic mass is 9.96. The van der Waals surface area contributed by atoms with Crippen LogP contribution in [0.2, 0.25) is 0 Å². The highest BCUT2D eigenvalue weighted by atomic mass is 16.6. The van der Waals surface area contributed by atoms with E-state index in [1.807, 2.05) is 88.4 Å². The van der Waals surface area contributed by atoms with Crippen LogP contribution in [0.3, 0.4) is 0 Å². The third-order valence-electron chi connectivity index (χ3n) is 6.64. The zero-order valence-electron chi connectivity index (χ0n) is 24.6. The first-order valence-electron chi connectivity index (χ1n) is 13.6. The molecule has 0 spiro atoms. The Bertz CT molecular complexity index is 1390. The van der Waals surface area contributed by atoms with Crippen LogP contribution in [-0.4, -0.2) is 41.0 Å². The van der Waals surface area contributed by atoms with Gasteiger partial charge in [-0.2, -0.15) is 0 Å². The van der Waals surface area contributed by atoms with E-state index in [4.69, 9.17) is 4.74 Å². The highest BCUT2D eigenvalue weighted by molar-refractivity contribution is 6.00. The van der Waals surface area contributed by atoms with Gasteiger partial charge >= 0.3 is 6.09 Å². The molecule has 0 radical (unpaired) electrons. The van der Waals surface area contributed by atoms with Crippen LogP contribution < -0.4 is 10.6 Å². The van der Waals surface area contributed by atoms with Crippen molar-refractivity contribution in [1.29, 1.82) is 0 Å². The number of nitrogens with zero attached hydrogens (tertiary/aromatic N) is 1. The first-order chi connectivity index (χ1) is 18.8. The van der Waals surface area contributed by atoms with Gasteiger partial charge in [0.1, 0.15) is 17.7 Å². The number of alkyl carbamates (subject to hydrolysis) is 1. The minimum atomic E-state index is -0.974. The molecule has 212 valence electrons. The van der Waals surface area contributed by atoms with Crippen LogP contribution in [0.25, 0.3) is 10.8 Å². The average Bonchev–Trinajstić information content (AvgIpc) is 2.87. The van der Waals surface area contributed by atoms with Crippen LogP contribution in [0.4, 0.5) is 10.5 Å². The SMILES string of the molecule is C=CCN(C(=O)C(NC(=O)OC(C)(C)C)C(C)C)C(C(=O)Nc1ccc2ccccc2c1)c1ccc(C)c(C)c1. The molecule has 2 N–H and O–H groups in total. The summed E-state index contributed by atoms with van der Waals surface area (Å²) in [6, 6.07) is 17.4. The van der Waals surface area contributed by atoms with Crippen molar-refractivity contribution in [3.63, 3.8) is 0 Å². The number of carbonyl (C=O) groups excluding carboxylic acids is 3. The van der Waals surface area contributed by atoms with E-state index in [2.05, 4.69) is 17.2 Å². The number of nitrogens with one attached hydrogen (secondary N) is 2. The molecule has 0 saturated heterocycles. The molecule has 3 aromatic rings. The van der Waals surface area contributed by atoms with Crippen molar-refractivity contribution in [1.82, 2.24) is 10.2 Å². The molecule has 3 amide bonds. The summed E-state index contributed by atoms with van der Waals surface area (Å²) < 4.78 is 5.42. The molecular weight excluding hydrogens is 502 g/mol. The fourth-order valence-corrected chi connectivity index (χ4v) is 4.47. The molecule has 0 aliphatic carbocycles. The second-order valence-corrected chi connectivity index (χ2v) is 11.4. The number of rotatable bonds is 9. The molecule has 7 heteroatoms. The Morgan fingerprint density at radius 2 is 1.62 bits per heavy atom. The van der Waals surface area contributed by atoms with Crippen molar-refractivity contribution in [2.45, 2.75) is 66.2 Å². The van der Waals surface area contributed by atoms with Gasteiger partial charge in [0.15, 0.2) is 0 Å². The summed E-state index contributed by atoms with van der Waals surface area (Å²) in [6.07, 6.45) is 0.890. The molecule has 2 unspecified atom stereocenters. The number of ether oxygens (including phenoxy) is 1. The van der Waals surface area contributed by atoms with Crippen LogP contribution in [-0.2, 0) is 14.3 Å². The molecule has 0 heterocycles. The molecular formula is C33H41N3O4. The van der Waals surface area contributed by atoms with Crippen molar-refractivity contribution >= 4 is 34.4 Å². The van der Waals surface area contributed by atoms with E-state index in [0.717, 1.165) is 21.9 Å². The molecule has 3 rings (SSSR count). The Balaban J connectivity index is 2.03. The maximum Gasteiger partial charge on any atom is 0.408 e. The van der Waals surface area contributed by atoms with Gasteiger partial charge in [0.2, 0.25) is 5.91 Å². The second kappa shape index (κ2) is 12.8. The Labute approximate surface area is 237 Å². The molecule has 2 atom stereocenters. The average molecular weight is 544 g/mol. The van der Waals surface area contributed by atoms with E-state index in [-0.39, 0.29) is 18.4 Å². The Morgan fingerprint density at radius 1 is 0.950 bits per heavy atom. The van der Waals surface area contributed by atoms with Gasteiger partial charge in [-0.1, -0.05) is 68.5 Å². The van der Waals surface area contributed by atoms with E-state index >= 15 is 0 Å². The zero-order valence-corrected chi connectivity index (χ0v) is 24.6. The summed E-state index contributed by atoms with van der Waals surface area (Å²) in [5, 5.41) is 7.80. The Kier molecular flexibility index (Phi) is 9.74. The van der Waals surface area contributed by atoms with E-state index in [1.54, 1.807) is 26.8 Å². The summed E-state index contributed by atoms with van der Waals surface area (Å²) in [6.45, 7) is 16.9. The van der Waals surface area contributed by atoms with Crippen molar-refractivity contribution in [2.75, 3.05) is 11.9 Å². The van der Waals surface area contributed by atoms with E-state index < -0.39 is 29.7 Å². The van der Waals surface area contributed by atoms with Gasteiger partial charge in [0.25, 0.3) is 5.91 Å².